The standard InChI is InChI=1S/C56H62Cl2F4N2O4/c1-35(2)15-17-63(7)29-43-23-51(57)55(27-53(43)65-31-39-19-45(59)25-46(60)20-39)67-33-41-11-9-13-49(37(41)5)50-14-10-12-42(38(50)6)34-68-56-28-54(66-32-40-21-47(61)26-48(62)22-40)44(24-52(56)58)30-64(8)18-16-36(3)4/h9-14,19-28,35-36H,15-18,29-34H2,1-8H3. The van der Waals surface area contributed by atoms with Gasteiger partial charge in [0, 0.05) is 48.5 Å². The number of benzene rings is 6. The molecule has 0 saturated heterocycles. The second kappa shape index (κ2) is 24.3. The fourth-order valence-electron chi connectivity index (χ4n) is 7.87. The number of hydrogen-bond donors (Lipinski definition) is 0. The summed E-state index contributed by atoms with van der Waals surface area (Å²) >= 11 is 13.8. The maximum atomic E-state index is 14.1. The van der Waals surface area contributed by atoms with Crippen molar-refractivity contribution >= 4 is 23.2 Å². The smallest absolute Gasteiger partial charge is 0.142 e. The van der Waals surface area contributed by atoms with Crippen LogP contribution in [0.15, 0.2) is 97.1 Å². The molecule has 0 aromatic heterocycles. The molecule has 0 spiro atoms. The van der Waals surface area contributed by atoms with Crippen molar-refractivity contribution in [1.29, 1.82) is 0 Å². The molecular formula is C56H62Cl2F4N2O4. The second-order valence-corrected chi connectivity index (χ2v) is 19.3. The van der Waals surface area contributed by atoms with Gasteiger partial charge in [-0.2, -0.15) is 0 Å². The number of ether oxygens (including phenoxy) is 4. The monoisotopic (exact) mass is 972 g/mol. The van der Waals surface area contributed by atoms with Crippen molar-refractivity contribution in [2.75, 3.05) is 27.2 Å². The minimum Gasteiger partial charge on any atom is -0.488 e. The third-order valence-corrected chi connectivity index (χ3v) is 12.5. The van der Waals surface area contributed by atoms with Crippen molar-refractivity contribution in [2.45, 2.75) is 93.9 Å². The first-order valence-corrected chi connectivity index (χ1v) is 23.8. The molecule has 0 N–H and O–H groups in total. The number of nitrogens with zero attached hydrogens (tertiary/aromatic N) is 2. The molecule has 0 atom stereocenters. The third-order valence-electron chi connectivity index (χ3n) is 11.9. The minimum atomic E-state index is -0.672. The number of halogens is 6. The lowest BCUT2D eigenvalue weighted by molar-refractivity contribution is 0.271. The van der Waals surface area contributed by atoms with Crippen molar-refractivity contribution in [3.05, 3.63) is 175 Å². The van der Waals surface area contributed by atoms with Crippen molar-refractivity contribution in [3.63, 3.8) is 0 Å². The summed E-state index contributed by atoms with van der Waals surface area (Å²) in [5.41, 5.74) is 8.38. The molecular weight excluding hydrogens is 912 g/mol. The Balaban J connectivity index is 1.20. The molecule has 12 heteroatoms. The first kappa shape index (κ1) is 52.1. The molecule has 362 valence electrons. The molecule has 0 aliphatic rings. The van der Waals surface area contributed by atoms with Crippen LogP contribution in [0.25, 0.3) is 11.1 Å². The van der Waals surface area contributed by atoms with Gasteiger partial charge in [-0.1, -0.05) is 87.3 Å². The van der Waals surface area contributed by atoms with Crippen LogP contribution >= 0.6 is 23.2 Å². The van der Waals surface area contributed by atoms with Crippen LogP contribution in [-0.4, -0.2) is 37.0 Å². The average molecular weight is 974 g/mol. The lowest BCUT2D eigenvalue weighted by Crippen LogP contribution is -2.21. The van der Waals surface area contributed by atoms with Gasteiger partial charge < -0.3 is 28.7 Å². The first-order chi connectivity index (χ1) is 32.4. The van der Waals surface area contributed by atoms with Crippen LogP contribution in [0.2, 0.25) is 10.0 Å². The lowest BCUT2D eigenvalue weighted by Gasteiger charge is -2.22. The SMILES string of the molecule is Cc1c(COc2cc(OCc3cc(F)cc(F)c3)c(CN(C)CCC(C)C)cc2Cl)cccc1-c1cccc(COc2cc(OCc3cc(F)cc(F)c3)c(CN(C)CCC(C)C)cc2Cl)c1C. The average Bonchev–Trinajstić information content (AvgIpc) is 3.26. The summed E-state index contributed by atoms with van der Waals surface area (Å²) in [5, 5.41) is 0.839. The molecule has 0 aliphatic heterocycles. The zero-order chi connectivity index (χ0) is 49.1. The molecule has 0 amide bonds. The quantitative estimate of drug-likeness (QED) is 0.0596. The van der Waals surface area contributed by atoms with E-state index in [1.165, 1.54) is 24.3 Å². The Bertz CT molecular complexity index is 2440. The predicted molar refractivity (Wildman–Crippen MR) is 266 cm³/mol. The van der Waals surface area contributed by atoms with Crippen molar-refractivity contribution in [1.82, 2.24) is 9.80 Å². The van der Waals surface area contributed by atoms with Gasteiger partial charge in [0.25, 0.3) is 0 Å². The maximum absolute atomic E-state index is 14.1. The molecule has 6 nitrogen and oxygen atoms in total. The highest BCUT2D eigenvalue weighted by atomic mass is 35.5. The van der Waals surface area contributed by atoms with Crippen LogP contribution < -0.4 is 18.9 Å². The van der Waals surface area contributed by atoms with E-state index in [2.05, 4.69) is 63.5 Å². The summed E-state index contributed by atoms with van der Waals surface area (Å²) < 4.78 is 81.4. The number of rotatable bonds is 23. The molecule has 6 rings (SSSR count). The Hall–Kier alpha value is -5.26. The van der Waals surface area contributed by atoms with Gasteiger partial charge in [-0.15, -0.1) is 0 Å². The molecule has 0 aliphatic carbocycles. The van der Waals surface area contributed by atoms with Gasteiger partial charge in [-0.25, -0.2) is 17.6 Å². The van der Waals surface area contributed by atoms with Crippen LogP contribution in [-0.2, 0) is 39.5 Å². The normalized spacial score (nSPS) is 11.6. The Morgan fingerprint density at radius 2 is 0.809 bits per heavy atom. The third kappa shape index (κ3) is 14.9. The van der Waals surface area contributed by atoms with Crippen LogP contribution in [0.3, 0.4) is 0 Å². The molecule has 6 aromatic carbocycles. The van der Waals surface area contributed by atoms with E-state index < -0.39 is 23.3 Å². The van der Waals surface area contributed by atoms with E-state index in [4.69, 9.17) is 42.1 Å². The van der Waals surface area contributed by atoms with Gasteiger partial charge in [0.15, 0.2) is 0 Å². The Morgan fingerprint density at radius 3 is 1.16 bits per heavy atom. The Morgan fingerprint density at radius 1 is 0.456 bits per heavy atom. The fraction of sp³-hybridized carbons (Fsp3) is 0.357. The lowest BCUT2D eigenvalue weighted by atomic mass is 9.92. The summed E-state index contributed by atoms with van der Waals surface area (Å²) in [6, 6.07) is 26.0. The maximum Gasteiger partial charge on any atom is 0.142 e. The van der Waals surface area contributed by atoms with Gasteiger partial charge in [0.05, 0.1) is 10.0 Å². The van der Waals surface area contributed by atoms with E-state index in [0.29, 0.717) is 69.1 Å². The predicted octanol–water partition coefficient (Wildman–Crippen LogP) is 15.1. The van der Waals surface area contributed by atoms with E-state index >= 15 is 0 Å². The van der Waals surface area contributed by atoms with Gasteiger partial charge in [-0.05, 0) is 147 Å². The van der Waals surface area contributed by atoms with E-state index in [-0.39, 0.29) is 26.4 Å². The molecule has 0 fully saturated rings. The van der Waals surface area contributed by atoms with Gasteiger partial charge in [0.2, 0.25) is 0 Å². The summed E-state index contributed by atoms with van der Waals surface area (Å²) in [5.74, 6) is 0.249. The summed E-state index contributed by atoms with van der Waals surface area (Å²) in [7, 11) is 4.07. The topological polar surface area (TPSA) is 43.4 Å². The Labute approximate surface area is 409 Å². The van der Waals surface area contributed by atoms with Crippen LogP contribution in [0.4, 0.5) is 17.6 Å². The van der Waals surface area contributed by atoms with Crippen molar-refractivity contribution in [2.24, 2.45) is 11.8 Å². The van der Waals surface area contributed by atoms with Crippen LogP contribution in [0.1, 0.15) is 85.0 Å². The molecule has 0 unspecified atom stereocenters. The number of hydrogen-bond acceptors (Lipinski definition) is 6. The van der Waals surface area contributed by atoms with E-state index in [1.54, 1.807) is 12.1 Å². The highest BCUT2D eigenvalue weighted by Gasteiger charge is 2.19. The molecule has 68 heavy (non-hydrogen) atoms. The second-order valence-electron chi connectivity index (χ2n) is 18.5. The molecule has 0 radical (unpaired) electrons. The molecule has 0 heterocycles. The van der Waals surface area contributed by atoms with Gasteiger partial charge >= 0.3 is 0 Å². The van der Waals surface area contributed by atoms with Crippen LogP contribution in [0, 0.1) is 49.0 Å². The van der Waals surface area contributed by atoms with Crippen LogP contribution in [0.5, 0.6) is 23.0 Å². The first-order valence-electron chi connectivity index (χ1n) is 23.0. The van der Waals surface area contributed by atoms with E-state index in [1.807, 2.05) is 50.5 Å². The minimum absolute atomic E-state index is 0.0460. The molecule has 6 aromatic rings. The van der Waals surface area contributed by atoms with Crippen molar-refractivity contribution < 1.29 is 36.5 Å². The van der Waals surface area contributed by atoms with Gasteiger partial charge in [-0.3, -0.25) is 0 Å². The molecule has 0 saturated carbocycles. The van der Waals surface area contributed by atoms with Gasteiger partial charge in [0.1, 0.15) is 72.7 Å². The summed E-state index contributed by atoms with van der Waals surface area (Å²) in [6.07, 6.45) is 2.04. The largest absolute Gasteiger partial charge is 0.488 e. The zero-order valence-corrected chi connectivity index (χ0v) is 41.8. The highest BCUT2D eigenvalue weighted by molar-refractivity contribution is 6.32. The fourth-order valence-corrected chi connectivity index (χ4v) is 8.35. The van der Waals surface area contributed by atoms with Crippen molar-refractivity contribution in [3.8, 4) is 34.1 Å². The Kier molecular flexibility index (Phi) is 18.7. The van der Waals surface area contributed by atoms with E-state index in [0.717, 1.165) is 82.6 Å². The zero-order valence-electron chi connectivity index (χ0n) is 40.3. The molecule has 0 bridgehead atoms. The van der Waals surface area contributed by atoms with E-state index in [9.17, 15) is 17.6 Å². The summed E-state index contributed by atoms with van der Waals surface area (Å²) in [6.45, 7) is 16.0. The summed E-state index contributed by atoms with van der Waals surface area (Å²) in [4.78, 5) is 4.38. The highest BCUT2D eigenvalue weighted by Crippen LogP contribution is 2.38.